The van der Waals surface area contributed by atoms with E-state index >= 15 is 0 Å². The first kappa shape index (κ1) is 12.9. The topological polar surface area (TPSA) is 98.1 Å². The number of azide groups is 1. The lowest BCUT2D eigenvalue weighted by Gasteiger charge is -2.04. The summed E-state index contributed by atoms with van der Waals surface area (Å²) in [6, 6.07) is 6.17. The molecule has 1 rings (SSSR count). The first-order chi connectivity index (χ1) is 8.24. The molecule has 6 heteroatoms. The molecule has 1 aromatic carbocycles. The van der Waals surface area contributed by atoms with Gasteiger partial charge in [-0.15, -0.1) is 0 Å². The third kappa shape index (κ3) is 4.90. The fourth-order valence-electron chi connectivity index (χ4n) is 1.30. The molecule has 0 aliphatic carbocycles. The molecule has 1 aromatic rings. The van der Waals surface area contributed by atoms with Gasteiger partial charge in [-0.05, 0) is 36.6 Å². The van der Waals surface area contributed by atoms with Gasteiger partial charge in [0.15, 0.2) is 0 Å². The van der Waals surface area contributed by atoms with Crippen molar-refractivity contribution in [2.75, 3.05) is 13.1 Å². The summed E-state index contributed by atoms with van der Waals surface area (Å²) >= 11 is 0. The molecule has 17 heavy (non-hydrogen) atoms. The third-order valence-electron chi connectivity index (χ3n) is 2.14. The molecule has 0 radical (unpaired) electrons. The van der Waals surface area contributed by atoms with Crippen molar-refractivity contribution in [2.45, 2.75) is 12.8 Å². The molecular formula is C11H14N4O2. The van der Waals surface area contributed by atoms with Crippen molar-refractivity contribution < 1.29 is 9.90 Å². The summed E-state index contributed by atoms with van der Waals surface area (Å²) in [7, 11) is 0. The van der Waals surface area contributed by atoms with Crippen molar-refractivity contribution in [2.24, 2.45) is 5.11 Å². The van der Waals surface area contributed by atoms with Crippen LogP contribution in [0.3, 0.4) is 0 Å². The Hall–Kier alpha value is -2.20. The average molecular weight is 234 g/mol. The second-order valence-electron chi connectivity index (χ2n) is 3.47. The van der Waals surface area contributed by atoms with E-state index in [4.69, 9.17) is 5.53 Å². The van der Waals surface area contributed by atoms with Crippen LogP contribution in [0.25, 0.3) is 10.4 Å². The van der Waals surface area contributed by atoms with Gasteiger partial charge in [0.1, 0.15) is 5.75 Å². The minimum Gasteiger partial charge on any atom is -0.508 e. The number of nitrogens with one attached hydrogen (secondary N) is 1. The predicted molar refractivity (Wildman–Crippen MR) is 63.7 cm³/mol. The number of benzene rings is 1. The van der Waals surface area contributed by atoms with Gasteiger partial charge in [-0.1, -0.05) is 11.2 Å². The molecule has 0 unspecified atom stereocenters. The van der Waals surface area contributed by atoms with Gasteiger partial charge in [-0.25, -0.2) is 0 Å². The van der Waals surface area contributed by atoms with Crippen molar-refractivity contribution in [3.05, 3.63) is 40.3 Å². The lowest BCUT2D eigenvalue weighted by atomic mass is 10.2. The van der Waals surface area contributed by atoms with Gasteiger partial charge in [0.05, 0.1) is 0 Å². The lowest BCUT2D eigenvalue weighted by Crippen LogP contribution is -2.24. The Bertz CT molecular complexity index is 427. The van der Waals surface area contributed by atoms with Gasteiger partial charge >= 0.3 is 0 Å². The summed E-state index contributed by atoms with van der Waals surface area (Å²) in [5.41, 5.74) is 8.48. The van der Waals surface area contributed by atoms with Gasteiger partial charge < -0.3 is 10.4 Å². The summed E-state index contributed by atoms with van der Waals surface area (Å²) in [5.74, 6) is -0.148. The number of nitrogens with zero attached hydrogens (tertiary/aromatic N) is 3. The number of carbonyl (C=O) groups is 1. The SMILES string of the molecule is [N-]=[N+]=NCCCCNC(=O)c1cccc(O)c1. The largest absolute Gasteiger partial charge is 0.508 e. The fourth-order valence-corrected chi connectivity index (χ4v) is 1.30. The van der Waals surface area contributed by atoms with E-state index in [1.165, 1.54) is 12.1 Å². The zero-order valence-electron chi connectivity index (χ0n) is 9.33. The average Bonchev–Trinajstić information content (AvgIpc) is 2.33. The number of phenols is 1. The van der Waals surface area contributed by atoms with E-state index in [0.29, 0.717) is 18.7 Å². The summed E-state index contributed by atoms with van der Waals surface area (Å²) < 4.78 is 0. The van der Waals surface area contributed by atoms with Crippen LogP contribution < -0.4 is 5.32 Å². The minimum absolute atomic E-state index is 0.0704. The van der Waals surface area contributed by atoms with E-state index in [1.807, 2.05) is 0 Å². The molecule has 0 atom stereocenters. The van der Waals surface area contributed by atoms with Crippen molar-refractivity contribution in [1.82, 2.24) is 5.32 Å². The Kier molecular flexibility index (Phi) is 5.40. The Morgan fingerprint density at radius 2 is 2.29 bits per heavy atom. The molecule has 0 fully saturated rings. The quantitative estimate of drug-likeness (QED) is 0.341. The summed E-state index contributed by atoms with van der Waals surface area (Å²) in [4.78, 5) is 14.2. The van der Waals surface area contributed by atoms with E-state index in [2.05, 4.69) is 15.3 Å². The maximum atomic E-state index is 11.6. The van der Waals surface area contributed by atoms with Gasteiger partial charge in [0.25, 0.3) is 5.91 Å². The molecule has 0 saturated carbocycles. The van der Waals surface area contributed by atoms with Crippen LogP contribution in [0, 0.1) is 0 Å². The number of hydrogen-bond acceptors (Lipinski definition) is 3. The smallest absolute Gasteiger partial charge is 0.251 e. The van der Waals surface area contributed by atoms with Crippen LogP contribution in [-0.2, 0) is 0 Å². The van der Waals surface area contributed by atoms with E-state index in [0.717, 1.165) is 12.8 Å². The Morgan fingerprint density at radius 1 is 1.47 bits per heavy atom. The number of unbranched alkanes of at least 4 members (excludes halogenated alkanes) is 1. The van der Waals surface area contributed by atoms with Gasteiger partial charge in [-0.3, -0.25) is 4.79 Å². The molecule has 0 saturated heterocycles. The molecule has 1 amide bonds. The van der Waals surface area contributed by atoms with Gasteiger partial charge in [0.2, 0.25) is 0 Å². The number of carbonyl (C=O) groups excluding carboxylic acids is 1. The summed E-state index contributed by atoms with van der Waals surface area (Å²) in [6.07, 6.45) is 1.49. The van der Waals surface area contributed by atoms with Crippen LogP contribution in [0.1, 0.15) is 23.2 Å². The third-order valence-corrected chi connectivity index (χ3v) is 2.14. The second-order valence-corrected chi connectivity index (χ2v) is 3.47. The highest BCUT2D eigenvalue weighted by Crippen LogP contribution is 2.10. The summed E-state index contributed by atoms with van der Waals surface area (Å²) in [5, 5.41) is 15.3. The molecule has 0 aromatic heterocycles. The lowest BCUT2D eigenvalue weighted by molar-refractivity contribution is 0.0952. The minimum atomic E-state index is -0.218. The predicted octanol–water partition coefficient (Wildman–Crippen LogP) is 2.21. The molecule has 0 aliphatic rings. The van der Waals surface area contributed by atoms with Crippen molar-refractivity contribution >= 4 is 5.91 Å². The highest BCUT2D eigenvalue weighted by Gasteiger charge is 2.04. The van der Waals surface area contributed by atoms with Crippen molar-refractivity contribution in [1.29, 1.82) is 0 Å². The van der Waals surface area contributed by atoms with Crippen LogP contribution in [-0.4, -0.2) is 24.1 Å². The van der Waals surface area contributed by atoms with E-state index in [1.54, 1.807) is 12.1 Å². The number of hydrogen-bond donors (Lipinski definition) is 2. The molecule has 0 bridgehead atoms. The molecule has 2 N–H and O–H groups in total. The Morgan fingerprint density at radius 3 is 3.00 bits per heavy atom. The maximum Gasteiger partial charge on any atom is 0.251 e. The van der Waals surface area contributed by atoms with Crippen LogP contribution in [0.5, 0.6) is 5.75 Å². The van der Waals surface area contributed by atoms with Crippen LogP contribution >= 0.6 is 0 Å². The molecule has 0 spiro atoms. The normalized spacial score (nSPS) is 9.41. The number of phenolic OH excluding ortho intramolecular Hbond substituents is 1. The number of aromatic hydroxyl groups is 1. The van der Waals surface area contributed by atoms with Crippen LogP contribution in [0.4, 0.5) is 0 Å². The number of rotatable bonds is 6. The highest BCUT2D eigenvalue weighted by molar-refractivity contribution is 5.94. The molecular weight excluding hydrogens is 220 g/mol. The van der Waals surface area contributed by atoms with Crippen LogP contribution in [0.2, 0.25) is 0 Å². The molecule has 0 heterocycles. The Balaban J connectivity index is 2.28. The van der Waals surface area contributed by atoms with Gasteiger partial charge in [-0.2, -0.15) is 0 Å². The molecule has 0 aliphatic heterocycles. The standard InChI is InChI=1S/C11H14N4O2/c12-15-14-7-2-1-6-13-11(17)9-4-3-5-10(16)8-9/h3-5,8,16H,1-2,6-7H2,(H,13,17). The monoisotopic (exact) mass is 234 g/mol. The molecule has 6 nitrogen and oxygen atoms in total. The van der Waals surface area contributed by atoms with E-state index < -0.39 is 0 Å². The Labute approximate surface area is 98.9 Å². The second kappa shape index (κ2) is 7.14. The number of amides is 1. The van der Waals surface area contributed by atoms with Crippen molar-refractivity contribution in [3.8, 4) is 5.75 Å². The van der Waals surface area contributed by atoms with E-state index in [9.17, 15) is 9.90 Å². The first-order valence-electron chi connectivity index (χ1n) is 5.32. The van der Waals surface area contributed by atoms with Crippen LogP contribution in [0.15, 0.2) is 29.4 Å². The van der Waals surface area contributed by atoms with E-state index in [-0.39, 0.29) is 11.7 Å². The zero-order chi connectivity index (χ0) is 12.5. The maximum absolute atomic E-state index is 11.6. The van der Waals surface area contributed by atoms with Crippen molar-refractivity contribution in [3.63, 3.8) is 0 Å². The first-order valence-corrected chi connectivity index (χ1v) is 5.32. The highest BCUT2D eigenvalue weighted by atomic mass is 16.3. The molecule has 90 valence electrons. The fraction of sp³-hybridized carbons (Fsp3) is 0.364. The summed E-state index contributed by atoms with van der Waals surface area (Å²) in [6.45, 7) is 0.966. The van der Waals surface area contributed by atoms with Gasteiger partial charge in [0, 0.05) is 23.6 Å². The zero-order valence-corrected chi connectivity index (χ0v) is 9.33.